The first-order chi connectivity index (χ1) is 7.61. The summed E-state index contributed by atoms with van der Waals surface area (Å²) in [5.74, 6) is -0.0434. The lowest BCUT2D eigenvalue weighted by Gasteiger charge is -2.09. The molecule has 0 aliphatic rings. The highest BCUT2D eigenvalue weighted by Crippen LogP contribution is 2.31. The number of halogens is 2. The van der Waals surface area contributed by atoms with Gasteiger partial charge in [0.2, 0.25) is 0 Å². The van der Waals surface area contributed by atoms with Crippen LogP contribution in [0.15, 0.2) is 16.9 Å². The van der Waals surface area contributed by atoms with E-state index in [9.17, 15) is 13.6 Å². The first kappa shape index (κ1) is 10.5. The Morgan fingerprint density at radius 2 is 2.00 bits per heavy atom. The van der Waals surface area contributed by atoms with E-state index in [1.54, 1.807) is 0 Å². The van der Waals surface area contributed by atoms with Crippen molar-refractivity contribution in [2.75, 3.05) is 7.11 Å². The van der Waals surface area contributed by atoms with Crippen molar-refractivity contribution in [1.82, 2.24) is 10.2 Å². The molecule has 86 valence electrons. The van der Waals surface area contributed by atoms with Crippen molar-refractivity contribution in [2.24, 2.45) is 0 Å². The Balaban J connectivity index is 2.60. The van der Waals surface area contributed by atoms with Gasteiger partial charge in [-0.05, 0) is 6.07 Å². The number of nitrogens with one attached hydrogen (secondary N) is 2. The number of ether oxygens (including phenoxy) is 2. The quantitative estimate of drug-likeness (QED) is 0.838. The number of aromatic amines is 2. The molecule has 1 aromatic carbocycles. The Bertz CT molecular complexity index is 561. The van der Waals surface area contributed by atoms with Crippen LogP contribution in [0.2, 0.25) is 0 Å². The fourth-order valence-corrected chi connectivity index (χ4v) is 1.39. The summed E-state index contributed by atoms with van der Waals surface area (Å²) in [5, 5.41) is 5.14. The molecule has 0 spiro atoms. The normalized spacial score (nSPS) is 11.0. The van der Waals surface area contributed by atoms with Gasteiger partial charge in [-0.2, -0.15) is 8.78 Å². The number of methoxy groups -OCH3 is 1. The summed E-state index contributed by atoms with van der Waals surface area (Å²) in [6, 6.07) is 2.61. The van der Waals surface area contributed by atoms with Gasteiger partial charge in [0.15, 0.2) is 11.5 Å². The van der Waals surface area contributed by atoms with Gasteiger partial charge in [0.25, 0.3) is 5.56 Å². The van der Waals surface area contributed by atoms with Gasteiger partial charge in [-0.25, -0.2) is 0 Å². The summed E-state index contributed by atoms with van der Waals surface area (Å²) in [4.78, 5) is 11.2. The van der Waals surface area contributed by atoms with Crippen LogP contribution in [-0.2, 0) is 0 Å². The van der Waals surface area contributed by atoms with E-state index in [1.807, 2.05) is 0 Å². The fraction of sp³-hybridized carbons (Fsp3) is 0.222. The summed E-state index contributed by atoms with van der Waals surface area (Å²) in [5.41, 5.74) is 0.0558. The molecule has 16 heavy (non-hydrogen) atoms. The second-order valence-corrected chi connectivity index (χ2v) is 3.01. The summed E-state index contributed by atoms with van der Waals surface area (Å²) in [6.45, 7) is -2.97. The van der Waals surface area contributed by atoms with Crippen LogP contribution in [0.5, 0.6) is 11.5 Å². The molecule has 1 aromatic heterocycles. The number of hydrogen-bond acceptors (Lipinski definition) is 3. The molecule has 0 bridgehead atoms. The lowest BCUT2D eigenvalue weighted by Crippen LogP contribution is -2.04. The molecule has 2 rings (SSSR count). The van der Waals surface area contributed by atoms with Gasteiger partial charge in [-0.15, -0.1) is 0 Å². The fourth-order valence-electron chi connectivity index (χ4n) is 1.39. The maximum atomic E-state index is 12.1. The van der Waals surface area contributed by atoms with E-state index in [2.05, 4.69) is 14.9 Å². The van der Waals surface area contributed by atoms with Gasteiger partial charge in [-0.3, -0.25) is 15.0 Å². The predicted molar refractivity (Wildman–Crippen MR) is 52.1 cm³/mol. The molecule has 0 radical (unpaired) electrons. The molecule has 0 unspecified atom stereocenters. The minimum Gasteiger partial charge on any atom is -0.493 e. The monoisotopic (exact) mass is 230 g/mol. The van der Waals surface area contributed by atoms with E-state index in [0.717, 1.165) is 0 Å². The van der Waals surface area contributed by atoms with E-state index >= 15 is 0 Å². The van der Waals surface area contributed by atoms with Crippen LogP contribution in [0.3, 0.4) is 0 Å². The molecular weight excluding hydrogens is 222 g/mol. The molecule has 5 nitrogen and oxygen atoms in total. The van der Waals surface area contributed by atoms with Crippen molar-refractivity contribution in [1.29, 1.82) is 0 Å². The molecule has 0 aliphatic carbocycles. The lowest BCUT2D eigenvalue weighted by atomic mass is 10.2. The maximum Gasteiger partial charge on any atom is 0.387 e. The lowest BCUT2D eigenvalue weighted by molar-refractivity contribution is -0.0511. The third-order valence-electron chi connectivity index (χ3n) is 2.08. The summed E-state index contributed by atoms with van der Waals surface area (Å²) < 4.78 is 33.3. The Hall–Kier alpha value is -2.05. The number of benzene rings is 1. The van der Waals surface area contributed by atoms with E-state index in [0.29, 0.717) is 5.52 Å². The number of fused-ring (bicyclic) bond motifs is 1. The van der Waals surface area contributed by atoms with Crippen molar-refractivity contribution < 1.29 is 18.3 Å². The van der Waals surface area contributed by atoms with Crippen LogP contribution < -0.4 is 15.0 Å². The second-order valence-electron chi connectivity index (χ2n) is 3.01. The van der Waals surface area contributed by atoms with Crippen LogP contribution in [-0.4, -0.2) is 23.9 Å². The molecule has 0 saturated carbocycles. The number of H-pyrrole nitrogens is 2. The molecule has 2 N–H and O–H groups in total. The van der Waals surface area contributed by atoms with Gasteiger partial charge < -0.3 is 9.47 Å². The second kappa shape index (κ2) is 3.84. The predicted octanol–water partition coefficient (Wildman–Crippen LogP) is 1.47. The topological polar surface area (TPSA) is 67.1 Å². The zero-order valence-corrected chi connectivity index (χ0v) is 8.21. The van der Waals surface area contributed by atoms with Crippen molar-refractivity contribution >= 4 is 10.9 Å². The average Bonchev–Trinajstić information content (AvgIpc) is 2.58. The van der Waals surface area contributed by atoms with Crippen LogP contribution in [0.4, 0.5) is 8.78 Å². The summed E-state index contributed by atoms with van der Waals surface area (Å²) >= 11 is 0. The van der Waals surface area contributed by atoms with Gasteiger partial charge in [0.05, 0.1) is 18.0 Å². The Morgan fingerprint density at radius 1 is 1.25 bits per heavy atom. The zero-order valence-electron chi connectivity index (χ0n) is 8.21. The molecule has 1 heterocycles. The third kappa shape index (κ3) is 1.71. The number of hydrogen-bond donors (Lipinski definition) is 2. The van der Waals surface area contributed by atoms with Crippen LogP contribution in [0.1, 0.15) is 0 Å². The van der Waals surface area contributed by atoms with Crippen LogP contribution in [0, 0.1) is 0 Å². The molecule has 2 aromatic rings. The van der Waals surface area contributed by atoms with E-state index < -0.39 is 12.2 Å². The number of aromatic nitrogens is 2. The van der Waals surface area contributed by atoms with E-state index in [1.165, 1.54) is 19.2 Å². The maximum absolute atomic E-state index is 12.1. The molecule has 0 aliphatic heterocycles. The largest absolute Gasteiger partial charge is 0.493 e. The number of alkyl halides is 2. The van der Waals surface area contributed by atoms with Crippen molar-refractivity contribution in [3.05, 3.63) is 22.5 Å². The van der Waals surface area contributed by atoms with Crippen molar-refractivity contribution in [3.8, 4) is 11.5 Å². The average molecular weight is 230 g/mol. The smallest absolute Gasteiger partial charge is 0.387 e. The van der Waals surface area contributed by atoms with Gasteiger partial charge in [0.1, 0.15) is 0 Å². The van der Waals surface area contributed by atoms with Gasteiger partial charge in [-0.1, -0.05) is 0 Å². The van der Waals surface area contributed by atoms with Gasteiger partial charge in [0, 0.05) is 6.07 Å². The first-order valence-electron chi connectivity index (χ1n) is 4.35. The Kier molecular flexibility index (Phi) is 2.51. The molecule has 0 saturated heterocycles. The Morgan fingerprint density at radius 3 is 2.62 bits per heavy atom. The van der Waals surface area contributed by atoms with E-state index in [-0.39, 0.29) is 16.9 Å². The standard InChI is InChI=1S/C9H8F2N2O3/c1-15-6-3-5-4(8(14)13-12-5)2-7(6)16-9(10)11/h2-3,9H,1H3,(H2,12,13,14). The summed E-state index contributed by atoms with van der Waals surface area (Å²) in [6.07, 6.45) is 0. The SMILES string of the molecule is COc1cc2[nH][nH]c(=O)c2cc1OC(F)F. The molecule has 7 heteroatoms. The summed E-state index contributed by atoms with van der Waals surface area (Å²) in [7, 11) is 1.32. The van der Waals surface area contributed by atoms with Crippen molar-refractivity contribution in [3.63, 3.8) is 0 Å². The molecule has 0 fully saturated rings. The Labute approximate surface area is 88.0 Å². The third-order valence-corrected chi connectivity index (χ3v) is 2.08. The highest BCUT2D eigenvalue weighted by molar-refractivity contribution is 5.81. The molecule has 0 atom stereocenters. The minimum atomic E-state index is -2.97. The number of rotatable bonds is 3. The molecule has 0 amide bonds. The van der Waals surface area contributed by atoms with Crippen LogP contribution in [0.25, 0.3) is 10.9 Å². The highest BCUT2D eigenvalue weighted by atomic mass is 19.3. The zero-order chi connectivity index (χ0) is 11.7. The minimum absolute atomic E-state index is 0.128. The van der Waals surface area contributed by atoms with Gasteiger partial charge >= 0.3 is 6.61 Å². The van der Waals surface area contributed by atoms with Crippen molar-refractivity contribution in [2.45, 2.75) is 6.61 Å². The van der Waals surface area contributed by atoms with Crippen LogP contribution >= 0.6 is 0 Å². The first-order valence-corrected chi connectivity index (χ1v) is 4.35. The van der Waals surface area contributed by atoms with E-state index in [4.69, 9.17) is 4.74 Å². The molecular formula is C9H8F2N2O3. The highest BCUT2D eigenvalue weighted by Gasteiger charge is 2.13.